The lowest BCUT2D eigenvalue weighted by molar-refractivity contribution is -0.186. The lowest BCUT2D eigenvalue weighted by Gasteiger charge is -2.38. The van der Waals surface area contributed by atoms with Gasteiger partial charge in [0, 0.05) is 26.7 Å². The van der Waals surface area contributed by atoms with Crippen LogP contribution in [0.15, 0.2) is 12.2 Å². The number of hydrogen-bond donors (Lipinski definition) is 0. The van der Waals surface area contributed by atoms with Crippen molar-refractivity contribution in [2.75, 3.05) is 13.2 Å². The molecule has 1 fully saturated rings. The Morgan fingerprint density at radius 2 is 1.53 bits per heavy atom. The standard InChI is InChI=1S/C13H16O6/c1-9(14)17-7-12-3-4-13(19-12,6-11(16)5-12)8-18-10(2)15/h3-4H,5-8H2,1-2H3/t12-,13+. The van der Waals surface area contributed by atoms with Crippen LogP contribution in [0.1, 0.15) is 26.7 Å². The maximum Gasteiger partial charge on any atom is 0.302 e. The molecular formula is C13H16O6. The molecule has 2 bridgehead atoms. The third kappa shape index (κ3) is 3.01. The van der Waals surface area contributed by atoms with Gasteiger partial charge in [-0.1, -0.05) is 0 Å². The summed E-state index contributed by atoms with van der Waals surface area (Å²) in [7, 11) is 0. The van der Waals surface area contributed by atoms with Crippen molar-refractivity contribution in [3.63, 3.8) is 0 Å². The van der Waals surface area contributed by atoms with E-state index in [2.05, 4.69) is 0 Å². The Hall–Kier alpha value is -1.69. The molecule has 0 N–H and O–H groups in total. The molecule has 0 aliphatic carbocycles. The monoisotopic (exact) mass is 268 g/mol. The number of carbonyl (C=O) groups is 3. The van der Waals surface area contributed by atoms with Crippen LogP contribution in [-0.2, 0) is 28.6 Å². The fourth-order valence-corrected chi connectivity index (χ4v) is 2.40. The lowest BCUT2D eigenvalue weighted by atomic mass is 9.91. The van der Waals surface area contributed by atoms with Crippen molar-refractivity contribution in [3.8, 4) is 0 Å². The fraction of sp³-hybridized carbons (Fsp3) is 0.615. The molecule has 0 radical (unpaired) electrons. The normalized spacial score (nSPS) is 32.2. The van der Waals surface area contributed by atoms with Crippen LogP contribution in [0.5, 0.6) is 0 Å². The molecule has 2 aliphatic heterocycles. The molecule has 2 rings (SSSR count). The number of Topliss-reactive ketones (excluding diaryl/α,β-unsaturated/α-hetero) is 1. The van der Waals surface area contributed by atoms with E-state index in [-0.39, 0.29) is 31.8 Å². The van der Waals surface area contributed by atoms with E-state index < -0.39 is 23.1 Å². The van der Waals surface area contributed by atoms with Gasteiger partial charge in [-0.3, -0.25) is 14.4 Å². The molecule has 0 aromatic carbocycles. The Balaban J connectivity index is 2.09. The minimum Gasteiger partial charge on any atom is -0.462 e. The largest absolute Gasteiger partial charge is 0.462 e. The summed E-state index contributed by atoms with van der Waals surface area (Å²) in [6.45, 7) is 2.58. The van der Waals surface area contributed by atoms with Crippen molar-refractivity contribution in [2.45, 2.75) is 37.9 Å². The lowest BCUT2D eigenvalue weighted by Crippen LogP contribution is -2.50. The van der Waals surface area contributed by atoms with E-state index >= 15 is 0 Å². The molecule has 104 valence electrons. The summed E-state index contributed by atoms with van der Waals surface area (Å²) in [4.78, 5) is 33.6. The van der Waals surface area contributed by atoms with Crippen LogP contribution in [0.3, 0.4) is 0 Å². The highest BCUT2D eigenvalue weighted by Gasteiger charge is 2.52. The number of carbonyl (C=O) groups excluding carboxylic acids is 3. The van der Waals surface area contributed by atoms with Crippen molar-refractivity contribution in [2.24, 2.45) is 0 Å². The van der Waals surface area contributed by atoms with Crippen molar-refractivity contribution in [1.82, 2.24) is 0 Å². The van der Waals surface area contributed by atoms with Crippen molar-refractivity contribution in [3.05, 3.63) is 12.2 Å². The highest BCUT2D eigenvalue weighted by atomic mass is 16.6. The first-order valence-corrected chi connectivity index (χ1v) is 6.04. The van der Waals surface area contributed by atoms with Gasteiger partial charge in [-0.15, -0.1) is 0 Å². The van der Waals surface area contributed by atoms with Crippen LogP contribution in [0, 0.1) is 0 Å². The summed E-state index contributed by atoms with van der Waals surface area (Å²) >= 11 is 0. The number of rotatable bonds is 4. The zero-order valence-corrected chi connectivity index (χ0v) is 10.9. The minimum absolute atomic E-state index is 0.00412. The van der Waals surface area contributed by atoms with E-state index in [1.54, 1.807) is 12.2 Å². The van der Waals surface area contributed by atoms with Gasteiger partial charge in [-0.25, -0.2) is 0 Å². The summed E-state index contributed by atoms with van der Waals surface area (Å²) in [5, 5.41) is 0. The molecule has 1 saturated heterocycles. The summed E-state index contributed by atoms with van der Waals surface area (Å²) < 4.78 is 15.7. The number of ether oxygens (including phenoxy) is 3. The van der Waals surface area contributed by atoms with Gasteiger partial charge in [0.05, 0.1) is 0 Å². The van der Waals surface area contributed by atoms with E-state index in [1.165, 1.54) is 13.8 Å². The zero-order valence-electron chi connectivity index (χ0n) is 10.9. The van der Waals surface area contributed by atoms with E-state index in [0.29, 0.717) is 0 Å². The molecule has 0 unspecified atom stereocenters. The van der Waals surface area contributed by atoms with E-state index in [0.717, 1.165) is 0 Å². The maximum atomic E-state index is 11.8. The SMILES string of the molecule is CC(=O)OC[C@@]12C=C[C@@](COC(C)=O)(CC(=O)C1)O2. The van der Waals surface area contributed by atoms with Gasteiger partial charge in [0.15, 0.2) is 0 Å². The van der Waals surface area contributed by atoms with Gasteiger partial charge in [0.25, 0.3) is 0 Å². The van der Waals surface area contributed by atoms with Gasteiger partial charge in [-0.2, -0.15) is 0 Å². The smallest absolute Gasteiger partial charge is 0.302 e. The van der Waals surface area contributed by atoms with E-state index in [1.807, 2.05) is 0 Å². The molecular weight excluding hydrogens is 252 g/mol. The van der Waals surface area contributed by atoms with E-state index in [4.69, 9.17) is 14.2 Å². The quantitative estimate of drug-likeness (QED) is 0.547. The average Bonchev–Trinajstić information content (AvgIpc) is 2.58. The van der Waals surface area contributed by atoms with Crippen LogP contribution in [0.2, 0.25) is 0 Å². The number of ketones is 1. The minimum atomic E-state index is -0.916. The van der Waals surface area contributed by atoms with Gasteiger partial charge in [-0.05, 0) is 12.2 Å². The molecule has 0 spiro atoms. The molecule has 0 saturated carbocycles. The molecule has 0 amide bonds. The second kappa shape index (κ2) is 4.77. The average molecular weight is 268 g/mol. The molecule has 6 nitrogen and oxygen atoms in total. The van der Waals surface area contributed by atoms with Crippen molar-refractivity contribution >= 4 is 17.7 Å². The number of esters is 2. The molecule has 2 atom stereocenters. The first-order valence-electron chi connectivity index (χ1n) is 6.04. The van der Waals surface area contributed by atoms with Crippen LogP contribution >= 0.6 is 0 Å². The van der Waals surface area contributed by atoms with Crippen LogP contribution < -0.4 is 0 Å². The molecule has 6 heteroatoms. The van der Waals surface area contributed by atoms with Crippen LogP contribution in [0.25, 0.3) is 0 Å². The zero-order chi connectivity index (χ0) is 14.1. The van der Waals surface area contributed by atoms with Crippen molar-refractivity contribution < 1.29 is 28.6 Å². The molecule has 0 aromatic rings. The molecule has 2 heterocycles. The maximum absolute atomic E-state index is 11.8. The Morgan fingerprint density at radius 1 is 1.11 bits per heavy atom. The van der Waals surface area contributed by atoms with E-state index in [9.17, 15) is 14.4 Å². The van der Waals surface area contributed by atoms with Gasteiger partial charge < -0.3 is 14.2 Å². The fourth-order valence-electron chi connectivity index (χ4n) is 2.40. The van der Waals surface area contributed by atoms with Crippen LogP contribution in [0.4, 0.5) is 0 Å². The summed E-state index contributed by atoms with van der Waals surface area (Å²) in [6.07, 6.45) is 3.78. The summed E-state index contributed by atoms with van der Waals surface area (Å²) in [6, 6.07) is 0. The van der Waals surface area contributed by atoms with Gasteiger partial charge >= 0.3 is 11.9 Å². The highest BCUT2D eigenvalue weighted by Crippen LogP contribution is 2.42. The second-order valence-electron chi connectivity index (χ2n) is 5.02. The number of fused-ring (bicyclic) bond motifs is 2. The Kier molecular flexibility index (Phi) is 3.45. The first-order chi connectivity index (χ1) is 8.85. The topological polar surface area (TPSA) is 78.9 Å². The summed E-state index contributed by atoms with van der Waals surface area (Å²) in [5.74, 6) is -0.862. The first kappa shape index (κ1) is 13.7. The second-order valence-corrected chi connectivity index (χ2v) is 5.02. The third-order valence-corrected chi connectivity index (χ3v) is 3.13. The number of hydrogen-bond acceptors (Lipinski definition) is 6. The Bertz CT molecular complexity index is 416. The van der Waals surface area contributed by atoms with Crippen LogP contribution in [-0.4, -0.2) is 42.1 Å². The predicted molar refractivity (Wildman–Crippen MR) is 63.2 cm³/mol. The summed E-state index contributed by atoms with van der Waals surface area (Å²) in [5.41, 5.74) is -1.83. The molecule has 19 heavy (non-hydrogen) atoms. The van der Waals surface area contributed by atoms with Gasteiger partial charge in [0.2, 0.25) is 0 Å². The Morgan fingerprint density at radius 3 is 1.89 bits per heavy atom. The third-order valence-electron chi connectivity index (χ3n) is 3.13. The molecule has 0 aromatic heterocycles. The molecule has 2 aliphatic rings. The van der Waals surface area contributed by atoms with Gasteiger partial charge in [0.1, 0.15) is 30.2 Å². The predicted octanol–water partition coefficient (Wildman–Crippen LogP) is 0.539. The highest BCUT2D eigenvalue weighted by molar-refractivity contribution is 5.83. The van der Waals surface area contributed by atoms with Crippen molar-refractivity contribution in [1.29, 1.82) is 0 Å². The Labute approximate surface area is 110 Å².